The number of nitrogens with zero attached hydrogens (tertiary/aromatic N) is 4. The molecule has 0 atom stereocenters. The maximum absolute atomic E-state index is 14.3. The van der Waals surface area contributed by atoms with E-state index in [1.165, 1.54) is 0 Å². The van der Waals surface area contributed by atoms with Crippen LogP contribution in [0.25, 0.3) is 11.2 Å². The molecule has 10 heteroatoms. The number of halogens is 3. The number of aliphatic hydroxyl groups excluding tert-OH is 1. The summed E-state index contributed by atoms with van der Waals surface area (Å²) in [7, 11) is 0. The van der Waals surface area contributed by atoms with Crippen LogP contribution in [0.4, 0.5) is 24.8 Å². The van der Waals surface area contributed by atoms with Gasteiger partial charge in [-0.25, -0.2) is 28.1 Å². The van der Waals surface area contributed by atoms with Crippen molar-refractivity contribution in [3.8, 4) is 0 Å². The van der Waals surface area contributed by atoms with Crippen molar-refractivity contribution < 1.29 is 23.0 Å². The van der Waals surface area contributed by atoms with Crippen molar-refractivity contribution in [3.05, 3.63) is 41.6 Å². The van der Waals surface area contributed by atoms with Crippen molar-refractivity contribution in [3.63, 3.8) is 0 Å². The monoisotopic (exact) mass is 461 g/mol. The fourth-order valence-electron chi connectivity index (χ4n) is 4.78. The second kappa shape index (κ2) is 9.26. The summed E-state index contributed by atoms with van der Waals surface area (Å²) in [6, 6.07) is 1.24. The van der Waals surface area contributed by atoms with Crippen molar-refractivity contribution in [2.24, 2.45) is 5.92 Å². The van der Waals surface area contributed by atoms with E-state index in [0.717, 1.165) is 25.7 Å². The Bertz CT molecular complexity index is 1120. The molecular formula is C23H26F3N5O2. The minimum Gasteiger partial charge on any atom is -0.393 e. The Morgan fingerprint density at radius 2 is 1.70 bits per heavy atom. The first kappa shape index (κ1) is 22.1. The molecule has 1 saturated carbocycles. The smallest absolute Gasteiger partial charge is 0.210 e. The third-order valence-corrected chi connectivity index (χ3v) is 6.57. The van der Waals surface area contributed by atoms with E-state index >= 15 is 0 Å². The van der Waals surface area contributed by atoms with Crippen LogP contribution in [-0.2, 0) is 11.2 Å². The lowest BCUT2D eigenvalue weighted by Gasteiger charge is -2.26. The zero-order chi connectivity index (χ0) is 22.9. The number of anilines is 2. The Morgan fingerprint density at radius 3 is 2.39 bits per heavy atom. The molecule has 7 nitrogen and oxygen atoms in total. The van der Waals surface area contributed by atoms with Gasteiger partial charge in [-0.05, 0) is 44.4 Å². The molecule has 1 aliphatic heterocycles. The van der Waals surface area contributed by atoms with Gasteiger partial charge in [0.2, 0.25) is 5.95 Å². The Labute approximate surface area is 189 Å². The number of aromatic nitrogens is 4. The predicted octanol–water partition coefficient (Wildman–Crippen LogP) is 4.43. The third-order valence-electron chi connectivity index (χ3n) is 6.57. The highest BCUT2D eigenvalue weighted by Crippen LogP contribution is 2.33. The van der Waals surface area contributed by atoms with Gasteiger partial charge in [-0.2, -0.15) is 0 Å². The number of ether oxygens (including phenoxy) is 1. The molecule has 0 radical (unpaired) electrons. The lowest BCUT2D eigenvalue weighted by atomic mass is 9.85. The van der Waals surface area contributed by atoms with Gasteiger partial charge in [-0.3, -0.25) is 4.57 Å². The van der Waals surface area contributed by atoms with Crippen molar-refractivity contribution >= 4 is 22.8 Å². The number of hydrogen-bond donors (Lipinski definition) is 2. The van der Waals surface area contributed by atoms with Crippen LogP contribution in [0.1, 0.15) is 50.4 Å². The van der Waals surface area contributed by atoms with Crippen molar-refractivity contribution in [2.45, 2.75) is 57.1 Å². The summed E-state index contributed by atoms with van der Waals surface area (Å²) in [4.78, 5) is 13.8. The summed E-state index contributed by atoms with van der Waals surface area (Å²) >= 11 is 0. The van der Waals surface area contributed by atoms with E-state index in [-0.39, 0.29) is 18.1 Å². The van der Waals surface area contributed by atoms with Gasteiger partial charge in [0, 0.05) is 37.8 Å². The van der Waals surface area contributed by atoms with Crippen molar-refractivity contribution in [1.29, 1.82) is 0 Å². The molecule has 2 N–H and O–H groups in total. The zero-order valence-electron chi connectivity index (χ0n) is 18.1. The van der Waals surface area contributed by atoms with Crippen LogP contribution < -0.4 is 5.32 Å². The average molecular weight is 461 g/mol. The molecule has 176 valence electrons. The topological polar surface area (TPSA) is 85.1 Å². The molecule has 2 fully saturated rings. The first-order chi connectivity index (χ1) is 16.0. The maximum Gasteiger partial charge on any atom is 0.210 e. The minimum absolute atomic E-state index is 0.0228. The molecule has 0 amide bonds. The number of nitrogens with one attached hydrogen (secondary N) is 1. The number of rotatable bonds is 5. The largest absolute Gasteiger partial charge is 0.393 e. The van der Waals surface area contributed by atoms with E-state index in [9.17, 15) is 18.3 Å². The van der Waals surface area contributed by atoms with Gasteiger partial charge in [-0.15, -0.1) is 0 Å². The highest BCUT2D eigenvalue weighted by molar-refractivity contribution is 5.75. The van der Waals surface area contributed by atoms with Crippen LogP contribution in [0.3, 0.4) is 0 Å². The van der Waals surface area contributed by atoms with Gasteiger partial charge < -0.3 is 15.2 Å². The van der Waals surface area contributed by atoms with Gasteiger partial charge >= 0.3 is 0 Å². The number of benzene rings is 1. The van der Waals surface area contributed by atoms with Crippen LogP contribution >= 0.6 is 0 Å². The molecule has 33 heavy (non-hydrogen) atoms. The van der Waals surface area contributed by atoms with Crippen LogP contribution in [-0.4, -0.2) is 43.9 Å². The van der Waals surface area contributed by atoms with E-state index in [0.29, 0.717) is 67.5 Å². The van der Waals surface area contributed by atoms with E-state index in [1.54, 1.807) is 6.20 Å². The highest BCUT2D eigenvalue weighted by Gasteiger charge is 2.26. The average Bonchev–Trinajstić information content (AvgIpc) is 3.15. The predicted molar refractivity (Wildman–Crippen MR) is 116 cm³/mol. The Morgan fingerprint density at radius 1 is 1.00 bits per heavy atom. The third kappa shape index (κ3) is 4.67. The quantitative estimate of drug-likeness (QED) is 0.585. The molecule has 2 aromatic heterocycles. The van der Waals surface area contributed by atoms with E-state index in [1.807, 2.05) is 4.57 Å². The Balaban J connectivity index is 1.51. The van der Waals surface area contributed by atoms with E-state index < -0.39 is 23.1 Å². The summed E-state index contributed by atoms with van der Waals surface area (Å²) < 4.78 is 49.4. The summed E-state index contributed by atoms with van der Waals surface area (Å²) in [5.74, 6) is -1.74. The normalized spacial score (nSPS) is 22.1. The molecule has 3 aromatic rings. The zero-order valence-corrected chi connectivity index (χ0v) is 18.1. The van der Waals surface area contributed by atoms with Crippen LogP contribution in [0.5, 0.6) is 0 Å². The standard InChI is InChI=1S/C23H26F3N5O2/c24-14-10-17(25)21(18(26)11-14)30-23-28-19-12-27-20(9-13-1-3-16(32)4-2-13)29-22(19)31(23)15-5-7-33-8-6-15/h10-13,15-16,32H,1-9H2,(H,28,30). The molecule has 1 saturated heterocycles. The van der Waals surface area contributed by atoms with Crippen LogP contribution in [0, 0.1) is 23.4 Å². The van der Waals surface area contributed by atoms with Crippen LogP contribution in [0.15, 0.2) is 18.3 Å². The van der Waals surface area contributed by atoms with Gasteiger partial charge in [0.05, 0.1) is 12.3 Å². The Hall–Kier alpha value is -2.72. The number of fused-ring (bicyclic) bond motifs is 1. The highest BCUT2D eigenvalue weighted by atomic mass is 19.1. The lowest BCUT2D eigenvalue weighted by molar-refractivity contribution is 0.0709. The van der Waals surface area contributed by atoms with Crippen molar-refractivity contribution in [1.82, 2.24) is 19.5 Å². The lowest BCUT2D eigenvalue weighted by Crippen LogP contribution is -2.22. The van der Waals surface area contributed by atoms with Gasteiger partial charge in [0.1, 0.15) is 22.8 Å². The summed E-state index contributed by atoms with van der Waals surface area (Å²) in [6.07, 6.45) is 6.95. The number of hydrogen-bond acceptors (Lipinski definition) is 6. The number of imidazole rings is 1. The Kier molecular flexibility index (Phi) is 6.20. The summed E-state index contributed by atoms with van der Waals surface area (Å²) in [6.45, 7) is 1.12. The molecule has 1 aromatic carbocycles. The fraction of sp³-hybridized carbons (Fsp3) is 0.522. The summed E-state index contributed by atoms with van der Waals surface area (Å²) in [5.41, 5.74) is 0.636. The number of aliphatic hydroxyl groups is 1. The maximum atomic E-state index is 14.3. The molecule has 2 aliphatic rings. The van der Waals surface area contributed by atoms with E-state index in [4.69, 9.17) is 9.72 Å². The SMILES string of the molecule is OC1CCC(Cc2ncc3nc(Nc4c(F)cc(F)cc4F)n(C4CCOCC4)c3n2)CC1. The minimum atomic E-state index is -1.04. The molecule has 3 heterocycles. The van der Waals surface area contributed by atoms with Gasteiger partial charge in [-0.1, -0.05) is 0 Å². The second-order valence-electron chi connectivity index (χ2n) is 8.89. The molecule has 0 spiro atoms. The second-order valence-corrected chi connectivity index (χ2v) is 8.89. The first-order valence-electron chi connectivity index (χ1n) is 11.4. The fourth-order valence-corrected chi connectivity index (χ4v) is 4.78. The first-order valence-corrected chi connectivity index (χ1v) is 11.4. The summed E-state index contributed by atoms with van der Waals surface area (Å²) in [5, 5.41) is 12.5. The van der Waals surface area contributed by atoms with Crippen LogP contribution in [0.2, 0.25) is 0 Å². The van der Waals surface area contributed by atoms with E-state index in [2.05, 4.69) is 15.3 Å². The van der Waals surface area contributed by atoms with Gasteiger partial charge in [0.15, 0.2) is 17.3 Å². The molecule has 0 unspecified atom stereocenters. The molecule has 1 aliphatic carbocycles. The van der Waals surface area contributed by atoms with Gasteiger partial charge in [0.25, 0.3) is 0 Å². The molecule has 5 rings (SSSR count). The van der Waals surface area contributed by atoms with Crippen molar-refractivity contribution in [2.75, 3.05) is 18.5 Å². The molecule has 0 bridgehead atoms. The molecular weight excluding hydrogens is 435 g/mol.